The first-order chi connectivity index (χ1) is 8.22. The molecule has 0 bridgehead atoms. The van der Waals surface area contributed by atoms with Crippen molar-refractivity contribution >= 4 is 11.3 Å². The molecule has 1 aliphatic carbocycles. The average molecular weight is 251 g/mol. The van der Waals surface area contributed by atoms with Crippen LogP contribution in [0.15, 0.2) is 6.07 Å². The van der Waals surface area contributed by atoms with E-state index >= 15 is 0 Å². The summed E-state index contributed by atoms with van der Waals surface area (Å²) in [5.74, 6) is 0.682. The molecule has 1 aliphatic rings. The van der Waals surface area contributed by atoms with Crippen molar-refractivity contribution in [1.29, 1.82) is 0 Å². The molecule has 0 saturated carbocycles. The van der Waals surface area contributed by atoms with Crippen molar-refractivity contribution in [3.8, 4) is 0 Å². The summed E-state index contributed by atoms with van der Waals surface area (Å²) < 4.78 is 0. The molecule has 0 saturated heterocycles. The van der Waals surface area contributed by atoms with E-state index in [9.17, 15) is 0 Å². The van der Waals surface area contributed by atoms with Gasteiger partial charge in [-0.3, -0.25) is 0 Å². The van der Waals surface area contributed by atoms with Gasteiger partial charge in [0.15, 0.2) is 0 Å². The van der Waals surface area contributed by atoms with Crippen LogP contribution >= 0.6 is 11.3 Å². The third-order valence-electron chi connectivity index (χ3n) is 3.60. The summed E-state index contributed by atoms with van der Waals surface area (Å²) in [7, 11) is 0. The average Bonchev–Trinajstić information content (AvgIpc) is 2.72. The Morgan fingerprint density at radius 3 is 2.71 bits per heavy atom. The minimum absolute atomic E-state index is 0.561. The molecule has 1 unspecified atom stereocenters. The van der Waals surface area contributed by atoms with E-state index in [1.54, 1.807) is 15.3 Å². The molecule has 96 valence electrons. The fraction of sp³-hybridized carbons (Fsp3) is 0.733. The zero-order valence-corrected chi connectivity index (χ0v) is 12.2. The maximum absolute atomic E-state index is 3.70. The number of thiophene rings is 1. The Morgan fingerprint density at radius 1 is 1.29 bits per heavy atom. The summed E-state index contributed by atoms with van der Waals surface area (Å²) in [5, 5.41) is 3.70. The monoisotopic (exact) mass is 251 g/mol. The fourth-order valence-corrected chi connectivity index (χ4v) is 4.14. The lowest BCUT2D eigenvalue weighted by Gasteiger charge is -2.20. The Hall–Kier alpha value is -0.340. The van der Waals surface area contributed by atoms with Crippen LogP contribution in [-0.2, 0) is 12.8 Å². The molecular formula is C15H25NS. The number of fused-ring (bicyclic) bond motifs is 1. The lowest BCUT2D eigenvalue weighted by atomic mass is 9.97. The van der Waals surface area contributed by atoms with Gasteiger partial charge < -0.3 is 5.32 Å². The van der Waals surface area contributed by atoms with E-state index < -0.39 is 0 Å². The van der Waals surface area contributed by atoms with Crippen molar-refractivity contribution < 1.29 is 0 Å². The first-order valence-electron chi connectivity index (χ1n) is 7.07. The predicted octanol–water partition coefficient (Wildman–Crippen LogP) is 4.32. The van der Waals surface area contributed by atoms with Gasteiger partial charge in [0.25, 0.3) is 0 Å². The summed E-state index contributed by atoms with van der Waals surface area (Å²) in [4.78, 5) is 3.23. The Labute approximate surface area is 110 Å². The quantitative estimate of drug-likeness (QED) is 0.821. The molecule has 0 amide bonds. The van der Waals surface area contributed by atoms with E-state index in [2.05, 4.69) is 43.5 Å². The number of nitrogens with one attached hydrogen (secondary N) is 1. The fourth-order valence-electron chi connectivity index (χ4n) is 2.63. The van der Waals surface area contributed by atoms with E-state index in [0.29, 0.717) is 12.0 Å². The predicted molar refractivity (Wildman–Crippen MR) is 76.8 cm³/mol. The molecule has 17 heavy (non-hydrogen) atoms. The first kappa shape index (κ1) is 13.1. The van der Waals surface area contributed by atoms with Gasteiger partial charge in [0.2, 0.25) is 0 Å². The van der Waals surface area contributed by atoms with Crippen molar-refractivity contribution in [2.75, 3.05) is 6.54 Å². The smallest absolute Gasteiger partial charge is 0.0438 e. The Balaban J connectivity index is 2.14. The molecule has 0 aliphatic heterocycles. The molecule has 1 aromatic heterocycles. The second kappa shape index (κ2) is 6.01. The number of rotatable bonds is 5. The highest BCUT2D eigenvalue weighted by Crippen LogP contribution is 2.35. The van der Waals surface area contributed by atoms with E-state index in [1.807, 2.05) is 0 Å². The SMILES string of the molecule is CCCNC(c1cc2c(s1)CCCC2)C(C)C. The van der Waals surface area contributed by atoms with Gasteiger partial charge in [-0.25, -0.2) is 0 Å². The minimum Gasteiger partial charge on any atom is -0.309 e. The van der Waals surface area contributed by atoms with Crippen LogP contribution in [0.3, 0.4) is 0 Å². The maximum atomic E-state index is 3.70. The summed E-state index contributed by atoms with van der Waals surface area (Å²) >= 11 is 2.06. The molecule has 0 fully saturated rings. The first-order valence-corrected chi connectivity index (χ1v) is 7.89. The largest absolute Gasteiger partial charge is 0.309 e. The Bertz CT molecular complexity index is 330. The van der Waals surface area contributed by atoms with Crippen LogP contribution in [0.4, 0.5) is 0 Å². The van der Waals surface area contributed by atoms with Gasteiger partial charge in [-0.05, 0) is 56.2 Å². The molecule has 0 aromatic carbocycles. The topological polar surface area (TPSA) is 12.0 Å². The van der Waals surface area contributed by atoms with Crippen LogP contribution in [0.1, 0.15) is 61.4 Å². The summed E-state index contributed by atoms with van der Waals surface area (Å²) in [6, 6.07) is 3.04. The van der Waals surface area contributed by atoms with Gasteiger partial charge in [-0.2, -0.15) is 0 Å². The van der Waals surface area contributed by atoms with Crippen molar-refractivity contribution in [3.05, 3.63) is 21.4 Å². The lowest BCUT2D eigenvalue weighted by molar-refractivity contribution is 0.418. The summed E-state index contributed by atoms with van der Waals surface area (Å²) in [6.45, 7) is 8.02. The maximum Gasteiger partial charge on any atom is 0.0438 e. The number of hydrogen-bond donors (Lipinski definition) is 1. The normalized spacial score (nSPS) is 17.2. The molecule has 1 heterocycles. The second-order valence-corrected chi connectivity index (χ2v) is 6.65. The summed E-state index contributed by atoms with van der Waals surface area (Å²) in [6.07, 6.45) is 6.62. The standard InChI is InChI=1S/C15H25NS/c1-4-9-16-15(11(2)3)14-10-12-7-5-6-8-13(12)17-14/h10-11,15-16H,4-9H2,1-3H3. The molecule has 0 spiro atoms. The van der Waals surface area contributed by atoms with Crippen LogP contribution in [-0.4, -0.2) is 6.54 Å². The highest BCUT2D eigenvalue weighted by atomic mass is 32.1. The molecule has 1 atom stereocenters. The number of hydrogen-bond acceptors (Lipinski definition) is 2. The molecule has 1 aromatic rings. The van der Waals surface area contributed by atoms with Crippen LogP contribution in [0, 0.1) is 5.92 Å². The lowest BCUT2D eigenvalue weighted by Crippen LogP contribution is -2.25. The van der Waals surface area contributed by atoms with Crippen LogP contribution < -0.4 is 5.32 Å². The molecule has 0 radical (unpaired) electrons. The Kier molecular flexibility index (Phi) is 4.63. The third kappa shape index (κ3) is 3.11. The number of aryl methyl sites for hydroxylation is 2. The van der Waals surface area contributed by atoms with Crippen LogP contribution in [0.25, 0.3) is 0 Å². The van der Waals surface area contributed by atoms with Gasteiger partial charge in [-0.1, -0.05) is 20.8 Å². The minimum atomic E-state index is 0.561. The molecule has 1 N–H and O–H groups in total. The van der Waals surface area contributed by atoms with Gasteiger partial charge in [-0.15, -0.1) is 11.3 Å². The zero-order chi connectivity index (χ0) is 12.3. The van der Waals surface area contributed by atoms with Gasteiger partial charge in [0.05, 0.1) is 0 Å². The molecule has 2 heteroatoms. The van der Waals surface area contributed by atoms with Crippen molar-refractivity contribution in [3.63, 3.8) is 0 Å². The van der Waals surface area contributed by atoms with Crippen molar-refractivity contribution in [2.45, 2.75) is 58.9 Å². The third-order valence-corrected chi connectivity index (χ3v) is 4.92. The molecule has 2 rings (SSSR count). The molecule has 1 nitrogen and oxygen atoms in total. The van der Waals surface area contributed by atoms with Crippen LogP contribution in [0.5, 0.6) is 0 Å². The van der Waals surface area contributed by atoms with Crippen molar-refractivity contribution in [1.82, 2.24) is 5.32 Å². The van der Waals surface area contributed by atoms with E-state index in [-0.39, 0.29) is 0 Å². The van der Waals surface area contributed by atoms with Gasteiger partial charge >= 0.3 is 0 Å². The van der Waals surface area contributed by atoms with Gasteiger partial charge in [0.1, 0.15) is 0 Å². The highest BCUT2D eigenvalue weighted by molar-refractivity contribution is 7.12. The van der Waals surface area contributed by atoms with Crippen LogP contribution in [0.2, 0.25) is 0 Å². The Morgan fingerprint density at radius 2 is 2.06 bits per heavy atom. The molecular weight excluding hydrogens is 226 g/mol. The zero-order valence-electron chi connectivity index (χ0n) is 11.4. The summed E-state index contributed by atoms with van der Waals surface area (Å²) in [5.41, 5.74) is 1.64. The van der Waals surface area contributed by atoms with Crippen molar-refractivity contribution in [2.24, 2.45) is 5.92 Å². The highest BCUT2D eigenvalue weighted by Gasteiger charge is 2.20. The van der Waals surface area contributed by atoms with E-state index in [1.165, 1.54) is 32.1 Å². The van der Waals surface area contributed by atoms with E-state index in [4.69, 9.17) is 0 Å². The van der Waals surface area contributed by atoms with Gasteiger partial charge in [0, 0.05) is 15.8 Å². The second-order valence-electron chi connectivity index (χ2n) is 5.48. The van der Waals surface area contributed by atoms with E-state index in [0.717, 1.165) is 6.54 Å².